The highest BCUT2D eigenvalue weighted by Crippen LogP contribution is 2.36. The largest absolute Gasteiger partial charge is 0.494 e. The molecule has 3 heterocycles. The van der Waals surface area contributed by atoms with Crippen LogP contribution in [-0.4, -0.2) is 27.7 Å². The fourth-order valence-electron chi connectivity index (χ4n) is 3.42. The Balaban J connectivity index is 1.69. The van der Waals surface area contributed by atoms with Crippen LogP contribution in [0.25, 0.3) is 27.8 Å². The lowest BCUT2D eigenvalue weighted by molar-refractivity contribution is 0.00578. The monoisotopic (exact) mass is 362 g/mol. The van der Waals surface area contributed by atoms with Gasteiger partial charge in [0.05, 0.1) is 27.6 Å². The van der Waals surface area contributed by atoms with Crippen molar-refractivity contribution in [3.63, 3.8) is 0 Å². The van der Waals surface area contributed by atoms with Crippen molar-refractivity contribution in [3.8, 4) is 0 Å². The molecule has 2 aromatic heterocycles. The highest BCUT2D eigenvalue weighted by molar-refractivity contribution is 6.62. The smallest absolute Gasteiger partial charge is 0.424 e. The Morgan fingerprint density at radius 2 is 1.70 bits per heavy atom. The average Bonchev–Trinajstić information content (AvgIpc) is 3.08. The van der Waals surface area contributed by atoms with E-state index in [1.54, 1.807) is 12.1 Å². The van der Waals surface area contributed by atoms with Crippen molar-refractivity contribution in [2.75, 3.05) is 0 Å². The van der Waals surface area contributed by atoms with Gasteiger partial charge in [0, 0.05) is 0 Å². The Hall–Kier alpha value is -2.64. The average molecular weight is 362 g/mol. The summed E-state index contributed by atoms with van der Waals surface area (Å²) in [6.45, 7) is 8.07. The van der Waals surface area contributed by atoms with Gasteiger partial charge in [0.2, 0.25) is 0 Å². The topological polar surface area (TPSA) is 66.0 Å². The Labute approximate surface area is 155 Å². The number of para-hydroxylation sites is 1. The molecule has 27 heavy (non-hydrogen) atoms. The normalized spacial score (nSPS) is 18.7. The fraction of sp³-hybridized carbons (Fsp3) is 0.300. The molecule has 1 aliphatic rings. The zero-order valence-corrected chi connectivity index (χ0v) is 15.6. The van der Waals surface area contributed by atoms with Gasteiger partial charge in [-0.15, -0.1) is 0 Å². The Bertz CT molecular complexity index is 1260. The number of rotatable bonds is 1. The molecule has 0 saturated carbocycles. The SMILES string of the molecule is CC1(C)OB(c2ccc3c(c2)nc2oc4ccccc4c(=O)n23)OC1(C)C. The van der Waals surface area contributed by atoms with Gasteiger partial charge < -0.3 is 13.7 Å². The standard InChI is InChI=1S/C20H19BN2O4/c1-19(2)20(3,4)27-21(26-19)12-9-10-15-14(11-12)22-18-23(15)17(24)13-7-5-6-8-16(13)25-18/h5-11H,1-4H3. The molecule has 6 nitrogen and oxygen atoms in total. The van der Waals surface area contributed by atoms with Crippen LogP contribution in [0.2, 0.25) is 0 Å². The summed E-state index contributed by atoms with van der Waals surface area (Å²) in [6.07, 6.45) is 0. The van der Waals surface area contributed by atoms with Crippen molar-refractivity contribution in [2.24, 2.45) is 0 Å². The summed E-state index contributed by atoms with van der Waals surface area (Å²) in [4.78, 5) is 17.4. The molecule has 0 unspecified atom stereocenters. The second kappa shape index (κ2) is 5.21. The van der Waals surface area contributed by atoms with Gasteiger partial charge in [0.25, 0.3) is 5.56 Å². The first-order valence-corrected chi connectivity index (χ1v) is 8.96. The van der Waals surface area contributed by atoms with Gasteiger partial charge in [-0.3, -0.25) is 4.79 Å². The summed E-state index contributed by atoms with van der Waals surface area (Å²) in [5, 5.41) is 0.527. The number of imidazole rings is 1. The third-order valence-corrected chi connectivity index (χ3v) is 5.69. The van der Waals surface area contributed by atoms with Crippen LogP contribution in [-0.2, 0) is 9.31 Å². The van der Waals surface area contributed by atoms with Crippen LogP contribution in [0.5, 0.6) is 0 Å². The predicted octanol–water partition coefficient (Wildman–Crippen LogP) is 2.89. The maximum absolute atomic E-state index is 12.9. The van der Waals surface area contributed by atoms with Crippen LogP contribution in [0.1, 0.15) is 27.7 Å². The maximum atomic E-state index is 12.9. The number of hydrogen-bond donors (Lipinski definition) is 0. The summed E-state index contributed by atoms with van der Waals surface area (Å²) in [6, 6.07) is 12.8. The van der Waals surface area contributed by atoms with Gasteiger partial charge >= 0.3 is 13.0 Å². The zero-order valence-electron chi connectivity index (χ0n) is 15.6. The van der Waals surface area contributed by atoms with Crippen LogP contribution in [0, 0.1) is 0 Å². The molecule has 4 aromatic rings. The third-order valence-electron chi connectivity index (χ3n) is 5.69. The molecule has 7 heteroatoms. The van der Waals surface area contributed by atoms with Crippen molar-refractivity contribution < 1.29 is 13.7 Å². The Morgan fingerprint density at radius 3 is 2.44 bits per heavy atom. The van der Waals surface area contributed by atoms with Gasteiger partial charge in [-0.05, 0) is 57.4 Å². The van der Waals surface area contributed by atoms with E-state index >= 15 is 0 Å². The molecular weight excluding hydrogens is 343 g/mol. The third kappa shape index (κ3) is 2.28. The summed E-state index contributed by atoms with van der Waals surface area (Å²) in [5.74, 6) is 0.278. The number of aromatic nitrogens is 2. The van der Waals surface area contributed by atoms with Crippen molar-refractivity contribution in [3.05, 3.63) is 52.8 Å². The Kier molecular flexibility index (Phi) is 3.19. The second-order valence-electron chi connectivity index (χ2n) is 7.97. The second-order valence-corrected chi connectivity index (χ2v) is 7.97. The van der Waals surface area contributed by atoms with Gasteiger partial charge in [0.15, 0.2) is 0 Å². The summed E-state index contributed by atoms with van der Waals surface area (Å²) in [5.41, 5.74) is 1.78. The first-order chi connectivity index (χ1) is 12.8. The minimum absolute atomic E-state index is 0.141. The van der Waals surface area contributed by atoms with Crippen LogP contribution < -0.4 is 11.0 Å². The minimum atomic E-state index is -0.480. The molecule has 0 atom stereocenters. The maximum Gasteiger partial charge on any atom is 0.494 e. The molecule has 136 valence electrons. The van der Waals surface area contributed by atoms with E-state index in [2.05, 4.69) is 4.98 Å². The van der Waals surface area contributed by atoms with E-state index in [1.807, 2.05) is 58.0 Å². The molecule has 1 aliphatic heterocycles. The van der Waals surface area contributed by atoms with Crippen LogP contribution in [0.3, 0.4) is 0 Å². The summed E-state index contributed by atoms with van der Waals surface area (Å²) >= 11 is 0. The van der Waals surface area contributed by atoms with Crippen molar-refractivity contribution >= 4 is 40.4 Å². The summed E-state index contributed by atoms with van der Waals surface area (Å²) in [7, 11) is -0.480. The van der Waals surface area contributed by atoms with Gasteiger partial charge in [-0.25, -0.2) is 4.40 Å². The molecular formula is C20H19BN2O4. The van der Waals surface area contributed by atoms with Crippen LogP contribution in [0.4, 0.5) is 0 Å². The van der Waals surface area contributed by atoms with E-state index in [0.29, 0.717) is 22.0 Å². The zero-order chi connectivity index (χ0) is 19.0. The number of fused-ring (bicyclic) bond motifs is 4. The number of nitrogens with zero attached hydrogens (tertiary/aromatic N) is 2. The van der Waals surface area contributed by atoms with E-state index < -0.39 is 18.3 Å². The minimum Gasteiger partial charge on any atom is -0.424 e. The molecule has 0 spiro atoms. The molecule has 1 saturated heterocycles. The quantitative estimate of drug-likeness (QED) is 0.487. The lowest BCUT2D eigenvalue weighted by Crippen LogP contribution is -2.41. The predicted molar refractivity (Wildman–Crippen MR) is 104 cm³/mol. The van der Waals surface area contributed by atoms with Crippen LogP contribution in [0.15, 0.2) is 51.7 Å². The van der Waals surface area contributed by atoms with Gasteiger partial charge in [-0.2, -0.15) is 4.98 Å². The van der Waals surface area contributed by atoms with E-state index in [9.17, 15) is 4.79 Å². The molecule has 5 rings (SSSR count). The lowest BCUT2D eigenvalue weighted by Gasteiger charge is -2.32. The highest BCUT2D eigenvalue weighted by Gasteiger charge is 2.51. The molecule has 0 radical (unpaired) electrons. The molecule has 0 bridgehead atoms. The first kappa shape index (κ1) is 16.5. The van der Waals surface area contributed by atoms with Gasteiger partial charge in [0.1, 0.15) is 5.58 Å². The van der Waals surface area contributed by atoms with E-state index in [1.165, 1.54) is 4.40 Å². The highest BCUT2D eigenvalue weighted by atomic mass is 16.7. The number of hydrogen-bond acceptors (Lipinski definition) is 5. The summed E-state index contributed by atoms with van der Waals surface area (Å²) < 4.78 is 19.6. The first-order valence-electron chi connectivity index (χ1n) is 8.96. The molecule has 0 aliphatic carbocycles. The van der Waals surface area contributed by atoms with E-state index in [4.69, 9.17) is 13.7 Å². The molecule has 2 aromatic carbocycles. The van der Waals surface area contributed by atoms with Gasteiger partial charge in [-0.1, -0.05) is 18.2 Å². The Morgan fingerprint density at radius 1 is 1.00 bits per heavy atom. The molecule has 1 fully saturated rings. The van der Waals surface area contributed by atoms with Crippen LogP contribution >= 0.6 is 0 Å². The van der Waals surface area contributed by atoms with Crippen molar-refractivity contribution in [1.29, 1.82) is 0 Å². The van der Waals surface area contributed by atoms with Crippen molar-refractivity contribution in [2.45, 2.75) is 38.9 Å². The van der Waals surface area contributed by atoms with E-state index in [0.717, 1.165) is 5.46 Å². The molecule has 0 N–H and O–H groups in total. The number of benzene rings is 2. The lowest BCUT2D eigenvalue weighted by atomic mass is 9.79. The molecule has 0 amide bonds. The van der Waals surface area contributed by atoms with Crippen molar-refractivity contribution in [1.82, 2.24) is 9.38 Å². The fourth-order valence-corrected chi connectivity index (χ4v) is 3.42. The van der Waals surface area contributed by atoms with E-state index in [-0.39, 0.29) is 11.4 Å².